The molecule has 16 heavy (non-hydrogen) atoms. The van der Waals surface area contributed by atoms with E-state index in [-0.39, 0.29) is 0 Å². The molecule has 0 heterocycles. The normalized spacial score (nSPS) is 15.3. The molecule has 0 aromatic rings. The summed E-state index contributed by atoms with van der Waals surface area (Å²) in [5, 5.41) is 0. The van der Waals surface area contributed by atoms with Gasteiger partial charge in [0.25, 0.3) is 7.59 Å². The Bertz CT molecular complexity index is 206. The Balaban J connectivity index is 4.10. The number of unbranched alkanes of at least 4 members (excludes halogenated alkanes) is 4. The topological polar surface area (TPSA) is 58.4 Å². The second-order valence-electron chi connectivity index (χ2n) is 4.08. The minimum absolute atomic E-state index is 0.755. The van der Waals surface area contributed by atoms with Crippen LogP contribution < -0.4 is 10.1 Å². The fraction of sp³-hybridized carbons (Fsp3) is 1.00. The SMILES string of the molecule is CCCCCN(CCCCC)P(N)(=O)NCl. The molecule has 0 fully saturated rings. The lowest BCUT2D eigenvalue weighted by atomic mass is 10.2. The Morgan fingerprint density at radius 2 is 1.56 bits per heavy atom. The van der Waals surface area contributed by atoms with Gasteiger partial charge >= 0.3 is 0 Å². The van der Waals surface area contributed by atoms with Gasteiger partial charge in [0.2, 0.25) is 0 Å². The first-order chi connectivity index (χ1) is 7.58. The van der Waals surface area contributed by atoms with Gasteiger partial charge < -0.3 is 0 Å². The van der Waals surface area contributed by atoms with Crippen LogP contribution in [-0.2, 0) is 4.57 Å². The molecule has 0 aromatic carbocycles. The summed E-state index contributed by atoms with van der Waals surface area (Å²) in [6, 6.07) is 0. The summed E-state index contributed by atoms with van der Waals surface area (Å²) in [4.78, 5) is 0. The lowest BCUT2D eigenvalue weighted by Crippen LogP contribution is -2.31. The molecular formula is C10H25ClN3OP. The van der Waals surface area contributed by atoms with Gasteiger partial charge in [-0.2, -0.15) is 4.61 Å². The maximum atomic E-state index is 11.9. The molecule has 1 atom stereocenters. The Hall–Kier alpha value is 0.400. The van der Waals surface area contributed by atoms with Crippen molar-refractivity contribution in [2.45, 2.75) is 52.4 Å². The van der Waals surface area contributed by atoms with Crippen LogP contribution in [0.4, 0.5) is 0 Å². The molecule has 0 saturated heterocycles. The third kappa shape index (κ3) is 6.87. The van der Waals surface area contributed by atoms with Crippen LogP contribution >= 0.6 is 19.4 Å². The minimum atomic E-state index is -3.02. The summed E-state index contributed by atoms with van der Waals surface area (Å²) in [7, 11) is -3.02. The smallest absolute Gasteiger partial charge is 0.270 e. The number of nitrogens with zero attached hydrogens (tertiary/aromatic N) is 1. The Morgan fingerprint density at radius 3 is 1.88 bits per heavy atom. The first-order valence-corrected chi connectivity index (χ1v) is 8.21. The fourth-order valence-electron chi connectivity index (χ4n) is 1.55. The van der Waals surface area contributed by atoms with E-state index in [1.54, 1.807) is 4.67 Å². The molecule has 0 aliphatic carbocycles. The van der Waals surface area contributed by atoms with Gasteiger partial charge in [-0.05, 0) is 24.6 Å². The Morgan fingerprint density at radius 1 is 1.12 bits per heavy atom. The van der Waals surface area contributed by atoms with Gasteiger partial charge in [-0.3, -0.25) is 10.1 Å². The molecule has 4 nitrogen and oxygen atoms in total. The molecule has 6 heteroatoms. The van der Waals surface area contributed by atoms with Crippen molar-refractivity contribution >= 4 is 19.4 Å². The standard InChI is InChI=1S/C10H25ClN3OP/c1-3-5-7-9-14(10-8-6-4-2)16(12,15)13-11/h3-10H2,1-2H3,(H3,12,13,15). The van der Waals surface area contributed by atoms with Crippen LogP contribution in [0.3, 0.4) is 0 Å². The highest BCUT2D eigenvalue weighted by atomic mass is 35.5. The Labute approximate surface area is 105 Å². The summed E-state index contributed by atoms with van der Waals surface area (Å²) in [5.41, 5.74) is 5.66. The van der Waals surface area contributed by atoms with E-state index in [0.717, 1.165) is 51.6 Å². The van der Waals surface area contributed by atoms with E-state index in [0.29, 0.717) is 0 Å². The maximum Gasteiger partial charge on any atom is 0.292 e. The van der Waals surface area contributed by atoms with Gasteiger partial charge in [0.1, 0.15) is 0 Å². The summed E-state index contributed by atoms with van der Waals surface area (Å²) >= 11 is 5.43. The van der Waals surface area contributed by atoms with E-state index in [1.807, 2.05) is 0 Å². The molecule has 0 rings (SSSR count). The van der Waals surface area contributed by atoms with Gasteiger partial charge in [-0.1, -0.05) is 39.5 Å². The maximum absolute atomic E-state index is 11.9. The average Bonchev–Trinajstić information content (AvgIpc) is 2.27. The molecule has 0 saturated carbocycles. The van der Waals surface area contributed by atoms with Crippen LogP contribution in [0.2, 0.25) is 0 Å². The van der Waals surface area contributed by atoms with Gasteiger partial charge in [-0.25, -0.2) is 4.67 Å². The number of nitrogens with two attached hydrogens (primary N) is 1. The molecule has 0 amide bonds. The highest BCUT2D eigenvalue weighted by Gasteiger charge is 2.23. The lowest BCUT2D eigenvalue weighted by Gasteiger charge is -2.26. The second kappa shape index (κ2) is 9.43. The van der Waals surface area contributed by atoms with Crippen molar-refractivity contribution in [3.8, 4) is 0 Å². The summed E-state index contributed by atoms with van der Waals surface area (Å²) < 4.78 is 16.0. The molecule has 0 radical (unpaired) electrons. The van der Waals surface area contributed by atoms with Crippen LogP contribution in [-0.4, -0.2) is 17.8 Å². The van der Waals surface area contributed by atoms with Gasteiger partial charge in [0.15, 0.2) is 0 Å². The van der Waals surface area contributed by atoms with Crippen molar-refractivity contribution in [1.29, 1.82) is 0 Å². The Kier molecular flexibility index (Phi) is 9.67. The average molecular weight is 270 g/mol. The molecular weight excluding hydrogens is 245 g/mol. The van der Waals surface area contributed by atoms with Crippen LogP contribution in [0.15, 0.2) is 0 Å². The largest absolute Gasteiger partial charge is 0.292 e. The monoisotopic (exact) mass is 269 g/mol. The molecule has 3 N–H and O–H groups in total. The third-order valence-corrected chi connectivity index (χ3v) is 4.79. The number of rotatable bonds is 10. The molecule has 0 aliphatic rings. The van der Waals surface area contributed by atoms with E-state index >= 15 is 0 Å². The highest BCUT2D eigenvalue weighted by Crippen LogP contribution is 2.37. The predicted molar refractivity (Wildman–Crippen MR) is 71.4 cm³/mol. The van der Waals surface area contributed by atoms with Gasteiger partial charge in [0, 0.05) is 13.1 Å². The van der Waals surface area contributed by atoms with Gasteiger partial charge in [0.05, 0.1) is 0 Å². The van der Waals surface area contributed by atoms with E-state index in [1.165, 1.54) is 0 Å². The van der Waals surface area contributed by atoms with Crippen molar-refractivity contribution < 1.29 is 4.57 Å². The van der Waals surface area contributed by atoms with E-state index in [2.05, 4.69) is 18.5 Å². The minimum Gasteiger partial charge on any atom is -0.270 e. The van der Waals surface area contributed by atoms with E-state index < -0.39 is 7.59 Å². The number of nitrogens with one attached hydrogen (secondary N) is 1. The summed E-state index contributed by atoms with van der Waals surface area (Å²) in [6.45, 7) is 5.79. The van der Waals surface area contributed by atoms with E-state index in [4.69, 9.17) is 17.3 Å². The van der Waals surface area contributed by atoms with Crippen LogP contribution in [0.5, 0.6) is 0 Å². The van der Waals surface area contributed by atoms with Gasteiger partial charge in [-0.15, -0.1) is 0 Å². The first kappa shape index (κ1) is 16.4. The van der Waals surface area contributed by atoms with Crippen molar-refractivity contribution in [3.63, 3.8) is 0 Å². The highest BCUT2D eigenvalue weighted by molar-refractivity contribution is 7.58. The van der Waals surface area contributed by atoms with Crippen LogP contribution in [0.1, 0.15) is 52.4 Å². The molecule has 0 aromatic heterocycles. The molecule has 0 bridgehead atoms. The molecule has 1 unspecified atom stereocenters. The summed E-state index contributed by atoms with van der Waals surface area (Å²) in [5.74, 6) is 0. The quantitative estimate of drug-likeness (QED) is 0.362. The molecule has 0 spiro atoms. The number of hydrogen-bond acceptors (Lipinski definition) is 1. The first-order valence-electron chi connectivity index (χ1n) is 6.10. The number of halogens is 1. The summed E-state index contributed by atoms with van der Waals surface area (Å²) in [6.07, 6.45) is 6.59. The van der Waals surface area contributed by atoms with Crippen molar-refractivity contribution in [2.24, 2.45) is 5.50 Å². The molecule has 0 aliphatic heterocycles. The molecule has 98 valence electrons. The van der Waals surface area contributed by atoms with Crippen LogP contribution in [0.25, 0.3) is 0 Å². The predicted octanol–water partition coefficient (Wildman–Crippen LogP) is 3.48. The van der Waals surface area contributed by atoms with Crippen LogP contribution in [0, 0.1) is 0 Å². The third-order valence-electron chi connectivity index (χ3n) is 2.58. The van der Waals surface area contributed by atoms with Crippen molar-refractivity contribution in [1.82, 2.24) is 9.28 Å². The zero-order chi connectivity index (χ0) is 12.4. The van der Waals surface area contributed by atoms with Crippen molar-refractivity contribution in [2.75, 3.05) is 13.1 Å². The lowest BCUT2D eigenvalue weighted by molar-refractivity contribution is 0.385. The van der Waals surface area contributed by atoms with E-state index in [9.17, 15) is 4.57 Å². The second-order valence-corrected chi connectivity index (χ2v) is 6.56. The zero-order valence-corrected chi connectivity index (χ0v) is 12.1. The van der Waals surface area contributed by atoms with Crippen molar-refractivity contribution in [3.05, 3.63) is 0 Å². The zero-order valence-electron chi connectivity index (χ0n) is 10.4. The fourth-order valence-corrected chi connectivity index (χ4v) is 2.86. The number of hydrogen-bond donors (Lipinski definition) is 2.